The van der Waals surface area contributed by atoms with Crippen LogP contribution in [0.25, 0.3) is 0 Å². The van der Waals surface area contributed by atoms with Gasteiger partial charge in [0.1, 0.15) is 0 Å². The van der Waals surface area contributed by atoms with E-state index in [2.05, 4.69) is 4.83 Å². The average Bonchev–Trinajstić information content (AvgIpc) is 2.65. The number of hydrogen-bond donors (Lipinski definition) is 2. The van der Waals surface area contributed by atoms with E-state index in [0.717, 1.165) is 4.31 Å². The van der Waals surface area contributed by atoms with Crippen LogP contribution >= 0.6 is 0 Å². The van der Waals surface area contributed by atoms with Gasteiger partial charge in [-0.1, -0.05) is 0 Å². The van der Waals surface area contributed by atoms with Gasteiger partial charge in [0.2, 0.25) is 0 Å². The van der Waals surface area contributed by atoms with E-state index in [0.29, 0.717) is 0 Å². The Labute approximate surface area is 93.4 Å². The Morgan fingerprint density at radius 3 is 2.50 bits per heavy atom. The summed E-state index contributed by atoms with van der Waals surface area (Å²) in [4.78, 5) is 12.5. The predicted octanol–water partition coefficient (Wildman–Crippen LogP) is -0.317. The van der Waals surface area contributed by atoms with Crippen molar-refractivity contribution in [2.45, 2.75) is 6.42 Å². The fraction of sp³-hybridized carbons (Fsp3) is 0.375. The van der Waals surface area contributed by atoms with Crippen LogP contribution in [-0.2, 0) is 15.0 Å². The molecule has 2 N–H and O–H groups in total. The highest BCUT2D eigenvalue weighted by molar-refractivity contribution is 7.90. The highest BCUT2D eigenvalue weighted by Gasteiger charge is 2.17. The first-order valence-corrected chi connectivity index (χ1v) is 5.94. The van der Waals surface area contributed by atoms with Crippen LogP contribution in [0.3, 0.4) is 0 Å². The minimum Gasteiger partial charge on any atom is -0.481 e. The van der Waals surface area contributed by atoms with Crippen LogP contribution in [0.5, 0.6) is 0 Å². The summed E-state index contributed by atoms with van der Waals surface area (Å²) in [5.74, 6) is -1.04. The second kappa shape index (κ2) is 4.99. The maximum Gasteiger partial charge on any atom is 0.315 e. The van der Waals surface area contributed by atoms with Crippen LogP contribution in [0.4, 0.5) is 0 Å². The van der Waals surface area contributed by atoms with Gasteiger partial charge in [-0.05, 0) is 12.1 Å². The fourth-order valence-corrected chi connectivity index (χ4v) is 1.83. The Kier molecular flexibility index (Phi) is 3.91. The number of aromatic nitrogens is 1. The van der Waals surface area contributed by atoms with Crippen LogP contribution < -0.4 is 4.83 Å². The van der Waals surface area contributed by atoms with Crippen LogP contribution in [0.2, 0.25) is 0 Å². The van der Waals surface area contributed by atoms with Crippen molar-refractivity contribution in [3.8, 4) is 0 Å². The third-order valence-corrected chi connectivity index (χ3v) is 3.32. The summed E-state index contributed by atoms with van der Waals surface area (Å²) in [6.07, 6.45) is 2.83. The lowest BCUT2D eigenvalue weighted by atomic mass is 10.4. The summed E-state index contributed by atoms with van der Waals surface area (Å²) in [6.45, 7) is -0.0774. The van der Waals surface area contributed by atoms with E-state index in [-0.39, 0.29) is 13.0 Å². The van der Waals surface area contributed by atoms with Crippen molar-refractivity contribution in [2.24, 2.45) is 0 Å². The number of carboxylic acids is 1. The first-order valence-electron chi connectivity index (χ1n) is 4.50. The molecule has 0 aliphatic carbocycles. The molecular weight excluding hydrogens is 234 g/mol. The molecule has 0 aliphatic heterocycles. The van der Waals surface area contributed by atoms with Crippen molar-refractivity contribution in [2.75, 3.05) is 18.4 Å². The van der Waals surface area contributed by atoms with Gasteiger partial charge in [-0.15, -0.1) is 0 Å². The van der Waals surface area contributed by atoms with Crippen molar-refractivity contribution in [1.82, 2.24) is 8.98 Å². The molecule has 90 valence electrons. The number of carboxylic acid groups (broad SMARTS) is 1. The number of rotatable bonds is 6. The van der Waals surface area contributed by atoms with Crippen LogP contribution in [-0.4, -0.2) is 42.1 Å². The van der Waals surface area contributed by atoms with E-state index in [4.69, 9.17) is 5.11 Å². The molecule has 0 aromatic carbocycles. The molecule has 0 unspecified atom stereocenters. The van der Waals surface area contributed by atoms with Crippen LogP contribution in [0, 0.1) is 0 Å². The topological polar surface area (TPSA) is 91.6 Å². The number of nitrogens with zero attached hydrogens (tertiary/aromatic N) is 2. The van der Waals surface area contributed by atoms with Gasteiger partial charge in [0, 0.05) is 26.0 Å². The summed E-state index contributed by atoms with van der Waals surface area (Å²) >= 11 is 0. The average molecular weight is 247 g/mol. The van der Waals surface area contributed by atoms with E-state index in [1.807, 2.05) is 0 Å². The largest absolute Gasteiger partial charge is 0.481 e. The van der Waals surface area contributed by atoms with Crippen LogP contribution in [0.15, 0.2) is 24.5 Å². The molecule has 0 saturated heterocycles. The van der Waals surface area contributed by atoms with Gasteiger partial charge < -0.3 is 5.11 Å². The van der Waals surface area contributed by atoms with Crippen molar-refractivity contribution in [3.63, 3.8) is 0 Å². The summed E-state index contributed by atoms with van der Waals surface area (Å²) in [5.41, 5.74) is 0. The summed E-state index contributed by atoms with van der Waals surface area (Å²) in [6, 6.07) is 3.33. The van der Waals surface area contributed by atoms with E-state index in [1.165, 1.54) is 24.1 Å². The zero-order valence-electron chi connectivity index (χ0n) is 8.70. The molecule has 0 amide bonds. The number of hydrogen-bond acceptors (Lipinski definition) is 3. The third-order valence-electron chi connectivity index (χ3n) is 1.88. The number of nitrogens with one attached hydrogen (secondary N) is 1. The van der Waals surface area contributed by atoms with E-state index < -0.39 is 16.2 Å². The molecule has 8 heteroatoms. The summed E-state index contributed by atoms with van der Waals surface area (Å²) < 4.78 is 25.4. The lowest BCUT2D eigenvalue weighted by molar-refractivity contribution is -0.137. The fourth-order valence-electron chi connectivity index (χ4n) is 0.972. The highest BCUT2D eigenvalue weighted by atomic mass is 32.2. The SMILES string of the molecule is CN(CCC(=O)O)S(=O)(=O)Nn1cccc1. The van der Waals surface area contributed by atoms with Crippen molar-refractivity contribution in [1.29, 1.82) is 0 Å². The molecule has 1 heterocycles. The van der Waals surface area contributed by atoms with Gasteiger partial charge in [-0.25, -0.2) is 4.83 Å². The van der Waals surface area contributed by atoms with E-state index in [9.17, 15) is 13.2 Å². The first-order chi connectivity index (χ1) is 7.42. The second-order valence-corrected chi connectivity index (χ2v) is 4.91. The molecule has 1 aromatic heterocycles. The normalized spacial score (nSPS) is 11.6. The second-order valence-electron chi connectivity index (χ2n) is 3.15. The van der Waals surface area contributed by atoms with Gasteiger partial charge in [-0.3, -0.25) is 9.47 Å². The Morgan fingerprint density at radius 1 is 1.44 bits per heavy atom. The summed E-state index contributed by atoms with van der Waals surface area (Å²) in [7, 11) is -2.38. The van der Waals surface area contributed by atoms with Gasteiger partial charge in [0.05, 0.1) is 6.42 Å². The van der Waals surface area contributed by atoms with Gasteiger partial charge >= 0.3 is 16.2 Å². The molecule has 7 nitrogen and oxygen atoms in total. The Balaban J connectivity index is 2.59. The minimum absolute atomic E-state index is 0.0774. The highest BCUT2D eigenvalue weighted by Crippen LogP contribution is 1.98. The summed E-state index contributed by atoms with van der Waals surface area (Å²) in [5, 5.41) is 8.44. The zero-order valence-corrected chi connectivity index (χ0v) is 9.51. The lowest BCUT2D eigenvalue weighted by Gasteiger charge is -2.17. The number of aliphatic carboxylic acids is 1. The smallest absolute Gasteiger partial charge is 0.315 e. The Morgan fingerprint density at radius 2 is 2.00 bits per heavy atom. The van der Waals surface area contributed by atoms with Crippen molar-refractivity contribution < 1.29 is 18.3 Å². The molecule has 0 atom stereocenters. The quantitative estimate of drug-likeness (QED) is 0.721. The lowest BCUT2D eigenvalue weighted by Crippen LogP contribution is -2.37. The monoisotopic (exact) mass is 247 g/mol. The van der Waals surface area contributed by atoms with E-state index >= 15 is 0 Å². The maximum absolute atomic E-state index is 11.6. The molecule has 1 rings (SSSR count). The molecule has 0 aliphatic rings. The van der Waals surface area contributed by atoms with Crippen LogP contribution in [0.1, 0.15) is 6.42 Å². The molecular formula is C8H13N3O4S. The molecule has 0 saturated carbocycles. The molecule has 0 fully saturated rings. The molecule has 0 bridgehead atoms. The number of carbonyl (C=O) groups is 1. The molecule has 1 aromatic rings. The standard InChI is InChI=1S/C8H13N3O4S/c1-10(7-4-8(12)13)16(14,15)9-11-5-2-3-6-11/h2-3,5-6,9H,4,7H2,1H3,(H,12,13). The predicted molar refractivity (Wildman–Crippen MR) is 57.6 cm³/mol. The Bertz CT molecular complexity index is 440. The molecule has 0 spiro atoms. The zero-order chi connectivity index (χ0) is 12.2. The Hall–Kier alpha value is -1.54. The molecule has 0 radical (unpaired) electrons. The van der Waals surface area contributed by atoms with Gasteiger partial charge in [-0.2, -0.15) is 12.7 Å². The van der Waals surface area contributed by atoms with Gasteiger partial charge in [0.15, 0.2) is 0 Å². The van der Waals surface area contributed by atoms with Crippen molar-refractivity contribution >= 4 is 16.2 Å². The third kappa shape index (κ3) is 3.55. The molecule has 16 heavy (non-hydrogen) atoms. The maximum atomic E-state index is 11.6. The minimum atomic E-state index is -3.70. The first kappa shape index (κ1) is 12.5. The van der Waals surface area contributed by atoms with Crippen molar-refractivity contribution in [3.05, 3.63) is 24.5 Å². The van der Waals surface area contributed by atoms with E-state index in [1.54, 1.807) is 12.1 Å². The van der Waals surface area contributed by atoms with Gasteiger partial charge in [0.25, 0.3) is 0 Å².